The number of carbonyl (C=O) groups excluding carboxylic acids is 1. The third-order valence-electron chi connectivity index (χ3n) is 4.87. The van der Waals surface area contributed by atoms with Crippen LogP contribution in [0.4, 0.5) is 0 Å². The van der Waals surface area contributed by atoms with Gasteiger partial charge in [-0.05, 0) is 38.7 Å². The number of carbonyl (C=O) groups is 1. The van der Waals surface area contributed by atoms with E-state index in [-0.39, 0.29) is 11.9 Å². The molecule has 3 aromatic rings. The Morgan fingerprint density at radius 2 is 2.24 bits per heavy atom. The van der Waals surface area contributed by atoms with Crippen LogP contribution in [0.5, 0.6) is 0 Å². The van der Waals surface area contributed by atoms with Crippen LogP contribution in [0, 0.1) is 6.92 Å². The fourth-order valence-corrected chi connectivity index (χ4v) is 3.57. The first kappa shape index (κ1) is 15.8. The number of nitrogens with zero attached hydrogens (tertiary/aromatic N) is 5. The monoisotopic (exact) mass is 339 g/mol. The maximum Gasteiger partial charge on any atom is 0.259 e. The Kier molecular flexibility index (Phi) is 3.99. The van der Waals surface area contributed by atoms with Crippen molar-refractivity contribution < 1.29 is 9.32 Å². The first-order chi connectivity index (χ1) is 12.2. The number of aromatic nitrogens is 4. The molecular formula is C18H21N5O2. The largest absolute Gasteiger partial charge is 0.361 e. The lowest BCUT2D eigenvalue weighted by Crippen LogP contribution is -2.39. The van der Waals surface area contributed by atoms with E-state index in [4.69, 9.17) is 9.51 Å². The van der Waals surface area contributed by atoms with Gasteiger partial charge in [0.2, 0.25) is 0 Å². The highest BCUT2D eigenvalue weighted by Crippen LogP contribution is 2.32. The second-order valence-electron chi connectivity index (χ2n) is 6.41. The number of aryl methyl sites for hydroxylation is 2. The van der Waals surface area contributed by atoms with Gasteiger partial charge in [-0.25, -0.2) is 9.50 Å². The molecule has 1 atom stereocenters. The van der Waals surface area contributed by atoms with Crippen molar-refractivity contribution in [3.05, 3.63) is 47.2 Å². The van der Waals surface area contributed by atoms with Gasteiger partial charge in [-0.2, -0.15) is 5.10 Å². The number of amides is 1. The van der Waals surface area contributed by atoms with E-state index in [9.17, 15) is 4.79 Å². The van der Waals surface area contributed by atoms with Crippen LogP contribution in [-0.2, 0) is 6.42 Å². The third kappa shape index (κ3) is 2.69. The van der Waals surface area contributed by atoms with Crippen molar-refractivity contribution in [2.45, 2.75) is 45.6 Å². The molecule has 4 heterocycles. The quantitative estimate of drug-likeness (QED) is 0.733. The van der Waals surface area contributed by atoms with Gasteiger partial charge >= 0.3 is 0 Å². The van der Waals surface area contributed by atoms with Crippen LogP contribution in [0.2, 0.25) is 0 Å². The molecule has 0 N–H and O–H groups in total. The van der Waals surface area contributed by atoms with E-state index in [2.05, 4.69) is 10.3 Å². The van der Waals surface area contributed by atoms with Crippen LogP contribution < -0.4 is 0 Å². The molecule has 0 spiro atoms. The second-order valence-corrected chi connectivity index (χ2v) is 6.41. The molecule has 0 aliphatic carbocycles. The number of hydrogen-bond acceptors (Lipinski definition) is 5. The summed E-state index contributed by atoms with van der Waals surface area (Å²) in [5, 5.41) is 8.22. The molecule has 25 heavy (non-hydrogen) atoms. The molecule has 3 aromatic heterocycles. The molecule has 0 aromatic carbocycles. The molecule has 1 aliphatic heterocycles. The lowest BCUT2D eigenvalue weighted by molar-refractivity contribution is 0.0603. The Labute approximate surface area is 145 Å². The van der Waals surface area contributed by atoms with Gasteiger partial charge in [-0.1, -0.05) is 12.1 Å². The molecule has 4 rings (SSSR count). The van der Waals surface area contributed by atoms with Crippen LogP contribution in [0.15, 0.2) is 29.0 Å². The van der Waals surface area contributed by atoms with E-state index in [1.165, 1.54) is 0 Å². The zero-order valence-electron chi connectivity index (χ0n) is 14.5. The predicted octanol–water partition coefficient (Wildman–Crippen LogP) is 2.96. The number of likely N-dealkylation sites (tertiary alicyclic amines) is 1. The zero-order chi connectivity index (χ0) is 17.4. The summed E-state index contributed by atoms with van der Waals surface area (Å²) in [5.74, 6) is 0.584. The summed E-state index contributed by atoms with van der Waals surface area (Å²) in [4.78, 5) is 19.9. The van der Waals surface area contributed by atoms with E-state index < -0.39 is 0 Å². The average molecular weight is 339 g/mol. The summed E-state index contributed by atoms with van der Waals surface area (Å²) >= 11 is 0. The lowest BCUT2D eigenvalue weighted by Gasteiger charge is -2.35. The van der Waals surface area contributed by atoms with Gasteiger partial charge in [0.15, 0.2) is 5.65 Å². The van der Waals surface area contributed by atoms with Crippen molar-refractivity contribution in [3.8, 4) is 0 Å². The summed E-state index contributed by atoms with van der Waals surface area (Å²) in [6.45, 7) is 4.51. The fourth-order valence-electron chi connectivity index (χ4n) is 3.57. The first-order valence-electron chi connectivity index (χ1n) is 8.75. The van der Waals surface area contributed by atoms with Crippen LogP contribution >= 0.6 is 0 Å². The first-order valence-corrected chi connectivity index (χ1v) is 8.75. The lowest BCUT2D eigenvalue weighted by atomic mass is 9.97. The Morgan fingerprint density at radius 1 is 1.36 bits per heavy atom. The van der Waals surface area contributed by atoms with Crippen molar-refractivity contribution >= 4 is 11.6 Å². The SMILES string of the molecule is CCc1noc(C)c1C(=O)N1CCCC[C@H]1c1ccn2nccc2n1. The van der Waals surface area contributed by atoms with Gasteiger partial charge in [0.25, 0.3) is 5.91 Å². The Bertz CT molecular complexity index is 913. The minimum Gasteiger partial charge on any atom is -0.361 e. The zero-order valence-corrected chi connectivity index (χ0v) is 14.5. The van der Waals surface area contributed by atoms with Crippen molar-refractivity contribution in [2.24, 2.45) is 0 Å². The van der Waals surface area contributed by atoms with Gasteiger partial charge in [-0.3, -0.25) is 4.79 Å². The highest BCUT2D eigenvalue weighted by atomic mass is 16.5. The molecular weight excluding hydrogens is 318 g/mol. The summed E-state index contributed by atoms with van der Waals surface area (Å²) in [7, 11) is 0. The predicted molar refractivity (Wildman–Crippen MR) is 91.2 cm³/mol. The van der Waals surface area contributed by atoms with Crippen molar-refractivity contribution in [3.63, 3.8) is 0 Å². The number of rotatable bonds is 3. The highest BCUT2D eigenvalue weighted by Gasteiger charge is 2.33. The molecule has 0 bridgehead atoms. The fraction of sp³-hybridized carbons (Fsp3) is 0.444. The summed E-state index contributed by atoms with van der Waals surface area (Å²) in [6.07, 6.45) is 7.31. The molecule has 0 saturated carbocycles. The number of fused-ring (bicyclic) bond motifs is 1. The van der Waals surface area contributed by atoms with E-state index >= 15 is 0 Å². The standard InChI is InChI=1S/C18H21N5O2/c1-3-13-17(12(2)25-21-13)18(24)22-10-5-4-6-15(22)14-8-11-23-16(20-14)7-9-19-23/h7-9,11,15H,3-6,10H2,1-2H3/t15-/m0/s1. The van der Waals surface area contributed by atoms with Crippen LogP contribution in [0.1, 0.15) is 59.7 Å². The molecule has 0 radical (unpaired) electrons. The van der Waals surface area contributed by atoms with E-state index in [0.717, 1.165) is 42.8 Å². The minimum absolute atomic E-state index is 0.00418. The molecule has 1 fully saturated rings. The molecule has 1 amide bonds. The molecule has 1 saturated heterocycles. The summed E-state index contributed by atoms with van der Waals surface area (Å²) < 4.78 is 7.00. The van der Waals surface area contributed by atoms with Crippen molar-refractivity contribution in [1.82, 2.24) is 24.7 Å². The van der Waals surface area contributed by atoms with E-state index in [0.29, 0.717) is 17.7 Å². The Morgan fingerprint density at radius 3 is 3.08 bits per heavy atom. The maximum absolute atomic E-state index is 13.2. The van der Waals surface area contributed by atoms with Gasteiger partial charge < -0.3 is 9.42 Å². The van der Waals surface area contributed by atoms with E-state index in [1.807, 2.05) is 30.2 Å². The minimum atomic E-state index is -0.0276. The Balaban J connectivity index is 1.71. The van der Waals surface area contributed by atoms with Crippen LogP contribution in [0.25, 0.3) is 5.65 Å². The topological polar surface area (TPSA) is 76.5 Å². The summed E-state index contributed by atoms with van der Waals surface area (Å²) in [5.41, 5.74) is 3.05. The smallest absolute Gasteiger partial charge is 0.259 e. The number of hydrogen-bond donors (Lipinski definition) is 0. The molecule has 7 nitrogen and oxygen atoms in total. The molecule has 7 heteroatoms. The van der Waals surface area contributed by atoms with Crippen molar-refractivity contribution in [1.29, 1.82) is 0 Å². The Hall–Kier alpha value is -2.70. The average Bonchev–Trinajstić information content (AvgIpc) is 3.26. The maximum atomic E-state index is 13.2. The number of piperidine rings is 1. The second kappa shape index (κ2) is 6.31. The van der Waals surface area contributed by atoms with Crippen LogP contribution in [0.3, 0.4) is 0 Å². The molecule has 130 valence electrons. The normalized spacial score (nSPS) is 18.0. The van der Waals surface area contributed by atoms with Crippen LogP contribution in [-0.4, -0.2) is 37.1 Å². The van der Waals surface area contributed by atoms with Gasteiger partial charge in [0.05, 0.1) is 23.6 Å². The third-order valence-corrected chi connectivity index (χ3v) is 4.87. The van der Waals surface area contributed by atoms with Crippen molar-refractivity contribution in [2.75, 3.05) is 6.54 Å². The highest BCUT2D eigenvalue weighted by molar-refractivity contribution is 5.96. The summed E-state index contributed by atoms with van der Waals surface area (Å²) in [6, 6.07) is 3.80. The molecule has 1 aliphatic rings. The van der Waals surface area contributed by atoms with Gasteiger partial charge in [0, 0.05) is 18.8 Å². The molecule has 0 unspecified atom stereocenters. The van der Waals surface area contributed by atoms with Gasteiger partial charge in [0.1, 0.15) is 11.3 Å². The van der Waals surface area contributed by atoms with Gasteiger partial charge in [-0.15, -0.1) is 0 Å². The van der Waals surface area contributed by atoms with E-state index in [1.54, 1.807) is 17.6 Å².